The van der Waals surface area contributed by atoms with Crippen LogP contribution in [0.15, 0.2) is 54.6 Å². The van der Waals surface area contributed by atoms with Gasteiger partial charge in [-0.1, -0.05) is 18.2 Å². The van der Waals surface area contributed by atoms with Crippen molar-refractivity contribution >= 4 is 23.6 Å². The quantitative estimate of drug-likeness (QED) is 0.600. The molecule has 0 heterocycles. The van der Waals surface area contributed by atoms with Gasteiger partial charge in [-0.05, 0) is 35.9 Å². The van der Waals surface area contributed by atoms with Crippen LogP contribution in [-0.2, 0) is 9.59 Å². The Morgan fingerprint density at radius 2 is 1.92 bits per heavy atom. The zero-order valence-electron chi connectivity index (χ0n) is 13.8. The molecular weight excluding hydrogens is 323 g/mol. The Morgan fingerprint density at radius 3 is 2.64 bits per heavy atom. The van der Waals surface area contributed by atoms with Crippen LogP contribution in [0.4, 0.5) is 10.1 Å². The van der Waals surface area contributed by atoms with Gasteiger partial charge in [-0.15, -0.1) is 0 Å². The first-order valence-electron chi connectivity index (χ1n) is 7.75. The highest BCUT2D eigenvalue weighted by Gasteiger charge is 2.00. The van der Waals surface area contributed by atoms with Gasteiger partial charge in [0, 0.05) is 24.8 Å². The summed E-state index contributed by atoms with van der Waals surface area (Å²) < 4.78 is 18.3. The number of amides is 2. The lowest BCUT2D eigenvalue weighted by molar-refractivity contribution is -0.116. The minimum Gasteiger partial charge on any atom is -0.492 e. The molecule has 2 aromatic rings. The summed E-state index contributed by atoms with van der Waals surface area (Å²) in [6, 6.07) is 12.8. The fourth-order valence-electron chi connectivity index (χ4n) is 2.01. The van der Waals surface area contributed by atoms with Crippen molar-refractivity contribution in [3.05, 3.63) is 66.0 Å². The van der Waals surface area contributed by atoms with Crippen LogP contribution in [0.25, 0.3) is 6.08 Å². The molecule has 0 atom stereocenters. The number of benzene rings is 2. The van der Waals surface area contributed by atoms with E-state index in [2.05, 4.69) is 10.6 Å². The second-order valence-electron chi connectivity index (χ2n) is 5.23. The Hall–Kier alpha value is -3.15. The lowest BCUT2D eigenvalue weighted by Crippen LogP contribution is -2.26. The van der Waals surface area contributed by atoms with Crippen LogP contribution in [0.2, 0.25) is 0 Å². The van der Waals surface area contributed by atoms with Crippen molar-refractivity contribution in [2.45, 2.75) is 6.92 Å². The molecule has 2 N–H and O–H groups in total. The zero-order chi connectivity index (χ0) is 18.1. The van der Waals surface area contributed by atoms with Gasteiger partial charge in [-0.2, -0.15) is 0 Å². The van der Waals surface area contributed by atoms with Crippen LogP contribution in [0, 0.1) is 5.82 Å². The van der Waals surface area contributed by atoms with E-state index >= 15 is 0 Å². The van der Waals surface area contributed by atoms with Crippen molar-refractivity contribution in [2.24, 2.45) is 0 Å². The highest BCUT2D eigenvalue weighted by molar-refractivity contribution is 5.91. The average Bonchev–Trinajstić information content (AvgIpc) is 2.58. The number of hydrogen-bond donors (Lipinski definition) is 2. The molecule has 0 unspecified atom stereocenters. The third-order valence-corrected chi connectivity index (χ3v) is 3.12. The van der Waals surface area contributed by atoms with E-state index in [-0.39, 0.29) is 17.6 Å². The molecule has 6 heteroatoms. The smallest absolute Gasteiger partial charge is 0.244 e. The first kappa shape index (κ1) is 18.2. The predicted octanol–water partition coefficient (Wildman–Crippen LogP) is 2.99. The number of nitrogens with one attached hydrogen (secondary N) is 2. The van der Waals surface area contributed by atoms with Crippen LogP contribution in [0.1, 0.15) is 12.5 Å². The monoisotopic (exact) mass is 342 g/mol. The standard InChI is InChI=1S/C19H19FN2O3/c1-14(23)22-17-3-2-4-18(13-17)25-12-11-21-19(24)10-7-15-5-8-16(20)9-6-15/h2-10,13H,11-12H2,1H3,(H,21,24)(H,22,23)/b10-7+. The van der Waals surface area contributed by atoms with Gasteiger partial charge in [0.25, 0.3) is 0 Å². The number of rotatable bonds is 7. The molecule has 0 saturated heterocycles. The second-order valence-corrected chi connectivity index (χ2v) is 5.23. The van der Waals surface area contributed by atoms with E-state index in [9.17, 15) is 14.0 Å². The Balaban J connectivity index is 1.72. The van der Waals surface area contributed by atoms with Crippen molar-refractivity contribution in [1.82, 2.24) is 5.32 Å². The molecule has 0 radical (unpaired) electrons. The van der Waals surface area contributed by atoms with Gasteiger partial charge in [-0.3, -0.25) is 9.59 Å². The summed E-state index contributed by atoms with van der Waals surface area (Å²) in [4.78, 5) is 22.7. The lowest BCUT2D eigenvalue weighted by atomic mass is 10.2. The Bertz CT molecular complexity index is 758. The van der Waals surface area contributed by atoms with Crippen LogP contribution >= 0.6 is 0 Å². The molecule has 2 amide bonds. The number of ether oxygens (including phenoxy) is 1. The summed E-state index contributed by atoms with van der Waals surface area (Å²) in [6.07, 6.45) is 2.98. The molecule has 5 nitrogen and oxygen atoms in total. The van der Waals surface area contributed by atoms with Crippen molar-refractivity contribution in [2.75, 3.05) is 18.5 Å². The Kier molecular flexibility index (Phi) is 6.71. The minimum absolute atomic E-state index is 0.155. The van der Waals surface area contributed by atoms with E-state index in [0.29, 0.717) is 24.6 Å². The van der Waals surface area contributed by atoms with Crippen molar-refractivity contribution < 1.29 is 18.7 Å². The summed E-state index contributed by atoms with van der Waals surface area (Å²) >= 11 is 0. The maximum atomic E-state index is 12.8. The van der Waals surface area contributed by atoms with Crippen LogP contribution in [0.3, 0.4) is 0 Å². The molecule has 0 fully saturated rings. The highest BCUT2D eigenvalue weighted by Crippen LogP contribution is 2.17. The average molecular weight is 342 g/mol. The van der Waals surface area contributed by atoms with Gasteiger partial charge >= 0.3 is 0 Å². The first-order valence-corrected chi connectivity index (χ1v) is 7.75. The second kappa shape index (κ2) is 9.22. The van der Waals surface area contributed by atoms with Crippen LogP contribution in [0.5, 0.6) is 5.75 Å². The minimum atomic E-state index is -0.318. The van der Waals surface area contributed by atoms with E-state index in [1.807, 2.05) is 0 Å². The summed E-state index contributed by atoms with van der Waals surface area (Å²) in [5.74, 6) is -0.138. The van der Waals surface area contributed by atoms with Crippen molar-refractivity contribution in [3.8, 4) is 5.75 Å². The van der Waals surface area contributed by atoms with Gasteiger partial charge in [0.05, 0.1) is 6.54 Å². The first-order chi connectivity index (χ1) is 12.0. The van der Waals surface area contributed by atoms with Crippen LogP contribution in [-0.4, -0.2) is 25.0 Å². The number of anilines is 1. The lowest BCUT2D eigenvalue weighted by Gasteiger charge is -2.08. The molecule has 130 valence electrons. The van der Waals surface area contributed by atoms with Gasteiger partial charge in [0.2, 0.25) is 11.8 Å². The van der Waals surface area contributed by atoms with Gasteiger partial charge in [0.1, 0.15) is 18.2 Å². The van der Waals surface area contributed by atoms with Crippen molar-refractivity contribution in [1.29, 1.82) is 0 Å². The SMILES string of the molecule is CC(=O)Nc1cccc(OCCNC(=O)/C=C/c2ccc(F)cc2)c1. The zero-order valence-corrected chi connectivity index (χ0v) is 13.8. The Morgan fingerprint density at radius 1 is 1.16 bits per heavy atom. The topological polar surface area (TPSA) is 67.4 Å². The van der Waals surface area contributed by atoms with E-state index in [1.165, 1.54) is 25.1 Å². The largest absolute Gasteiger partial charge is 0.492 e. The van der Waals surface area contributed by atoms with E-state index in [1.54, 1.807) is 42.5 Å². The summed E-state index contributed by atoms with van der Waals surface area (Å²) in [5.41, 5.74) is 1.39. The van der Waals surface area contributed by atoms with E-state index < -0.39 is 0 Å². The summed E-state index contributed by atoms with van der Waals surface area (Å²) in [7, 11) is 0. The number of halogens is 1. The van der Waals surface area contributed by atoms with Gasteiger partial charge < -0.3 is 15.4 Å². The molecule has 0 aromatic heterocycles. The Labute approximate surface area is 145 Å². The van der Waals surface area contributed by atoms with Crippen molar-refractivity contribution in [3.63, 3.8) is 0 Å². The van der Waals surface area contributed by atoms with Crippen LogP contribution < -0.4 is 15.4 Å². The highest BCUT2D eigenvalue weighted by atomic mass is 19.1. The molecule has 2 aromatic carbocycles. The molecule has 0 aliphatic carbocycles. The predicted molar refractivity (Wildman–Crippen MR) is 94.7 cm³/mol. The number of hydrogen-bond acceptors (Lipinski definition) is 3. The molecule has 0 spiro atoms. The number of carbonyl (C=O) groups excluding carboxylic acids is 2. The molecule has 0 aliphatic heterocycles. The third-order valence-electron chi connectivity index (χ3n) is 3.12. The molecule has 0 aliphatic rings. The molecule has 0 saturated carbocycles. The van der Waals surface area contributed by atoms with E-state index in [4.69, 9.17) is 4.74 Å². The molecule has 0 bridgehead atoms. The molecular formula is C19H19FN2O3. The summed E-state index contributed by atoms with van der Waals surface area (Å²) in [6.45, 7) is 2.05. The maximum Gasteiger partial charge on any atom is 0.244 e. The molecule has 25 heavy (non-hydrogen) atoms. The van der Waals surface area contributed by atoms with Gasteiger partial charge in [-0.25, -0.2) is 4.39 Å². The fraction of sp³-hybridized carbons (Fsp3) is 0.158. The maximum absolute atomic E-state index is 12.8. The fourth-order valence-corrected chi connectivity index (χ4v) is 2.01. The third kappa shape index (κ3) is 6.87. The van der Waals surface area contributed by atoms with Gasteiger partial charge in [0.15, 0.2) is 0 Å². The van der Waals surface area contributed by atoms with E-state index in [0.717, 1.165) is 5.56 Å². The molecule has 2 rings (SSSR count). The number of carbonyl (C=O) groups is 2. The normalized spacial score (nSPS) is 10.5. The summed E-state index contributed by atoms with van der Waals surface area (Å²) in [5, 5.41) is 5.36.